The van der Waals surface area contributed by atoms with Crippen molar-refractivity contribution < 1.29 is 22.7 Å². The Morgan fingerprint density at radius 1 is 0.952 bits per heavy atom. The molecule has 1 N–H and O–H groups in total. The summed E-state index contributed by atoms with van der Waals surface area (Å²) in [6, 6.07) is 23.3. The maximum atomic E-state index is 14.3. The highest BCUT2D eigenvalue weighted by Crippen LogP contribution is 2.25. The Labute approximate surface area is 249 Å². The zero-order chi connectivity index (χ0) is 30.1. The number of rotatable bonds is 13. The first-order chi connectivity index (χ1) is 20.2. The summed E-state index contributed by atoms with van der Waals surface area (Å²) in [7, 11) is -2.25. The summed E-state index contributed by atoms with van der Waals surface area (Å²) >= 11 is 0. The van der Waals surface area contributed by atoms with E-state index in [1.807, 2.05) is 73.7 Å². The summed E-state index contributed by atoms with van der Waals surface area (Å²) in [6.45, 7) is 1.62. The van der Waals surface area contributed by atoms with E-state index in [0.717, 1.165) is 52.9 Å². The van der Waals surface area contributed by atoms with Gasteiger partial charge in [-0.25, -0.2) is 8.42 Å². The molecule has 0 aliphatic heterocycles. The third-order valence-corrected chi connectivity index (χ3v) is 8.91. The maximum Gasteiger partial charge on any atom is 0.244 e. The van der Waals surface area contributed by atoms with E-state index in [4.69, 9.17) is 4.74 Å². The second-order valence-electron chi connectivity index (χ2n) is 10.8. The Morgan fingerprint density at radius 2 is 1.62 bits per heavy atom. The zero-order valence-corrected chi connectivity index (χ0v) is 25.5. The average Bonchev–Trinajstić information content (AvgIpc) is 3.50. The molecule has 0 heterocycles. The summed E-state index contributed by atoms with van der Waals surface area (Å²) in [5.41, 5.74) is 2.96. The van der Waals surface area contributed by atoms with Gasteiger partial charge in [0, 0.05) is 19.0 Å². The summed E-state index contributed by atoms with van der Waals surface area (Å²) in [4.78, 5) is 29.8. The van der Waals surface area contributed by atoms with Crippen LogP contribution in [0.5, 0.6) is 5.75 Å². The molecule has 1 atom stereocenters. The van der Waals surface area contributed by atoms with Crippen molar-refractivity contribution in [2.24, 2.45) is 0 Å². The molecule has 3 aromatic rings. The molecule has 9 heteroatoms. The Balaban J connectivity index is 1.75. The molecule has 3 aromatic carbocycles. The third-order valence-electron chi connectivity index (χ3n) is 7.78. The van der Waals surface area contributed by atoms with E-state index < -0.39 is 28.5 Å². The number of sulfonamides is 1. The van der Waals surface area contributed by atoms with Crippen molar-refractivity contribution in [3.8, 4) is 5.75 Å². The van der Waals surface area contributed by atoms with Gasteiger partial charge in [0.05, 0.1) is 19.1 Å². The molecule has 0 spiro atoms. The van der Waals surface area contributed by atoms with Gasteiger partial charge in [0.15, 0.2) is 0 Å². The average molecular weight is 592 g/mol. The smallest absolute Gasteiger partial charge is 0.244 e. The van der Waals surface area contributed by atoms with Gasteiger partial charge in [-0.05, 0) is 54.2 Å². The zero-order valence-electron chi connectivity index (χ0n) is 24.7. The topological polar surface area (TPSA) is 96.0 Å². The first-order valence-electron chi connectivity index (χ1n) is 14.5. The van der Waals surface area contributed by atoms with Gasteiger partial charge in [0.1, 0.15) is 18.3 Å². The largest absolute Gasteiger partial charge is 0.497 e. The molecular formula is C33H41N3O5S. The van der Waals surface area contributed by atoms with Gasteiger partial charge >= 0.3 is 0 Å². The minimum atomic E-state index is -3.82. The van der Waals surface area contributed by atoms with Gasteiger partial charge in [0.2, 0.25) is 21.8 Å². The molecule has 0 bridgehead atoms. The number of benzene rings is 3. The van der Waals surface area contributed by atoms with Crippen LogP contribution in [-0.2, 0) is 39.0 Å². The minimum absolute atomic E-state index is 0.0634. The van der Waals surface area contributed by atoms with Gasteiger partial charge in [-0.15, -0.1) is 0 Å². The predicted octanol–water partition coefficient (Wildman–Crippen LogP) is 4.72. The lowest BCUT2D eigenvalue weighted by atomic mass is 10.0. The van der Waals surface area contributed by atoms with E-state index in [-0.39, 0.29) is 18.5 Å². The van der Waals surface area contributed by atoms with Crippen molar-refractivity contribution in [1.29, 1.82) is 0 Å². The van der Waals surface area contributed by atoms with Crippen LogP contribution >= 0.6 is 0 Å². The second-order valence-corrected chi connectivity index (χ2v) is 12.7. The van der Waals surface area contributed by atoms with Crippen LogP contribution in [0.15, 0.2) is 78.9 Å². The van der Waals surface area contributed by atoms with Crippen molar-refractivity contribution in [3.05, 3.63) is 95.6 Å². The fourth-order valence-corrected chi connectivity index (χ4v) is 6.42. The molecule has 42 heavy (non-hydrogen) atoms. The van der Waals surface area contributed by atoms with E-state index in [9.17, 15) is 18.0 Å². The first kappa shape index (κ1) is 31.1. The number of nitrogens with zero attached hydrogens (tertiary/aromatic N) is 2. The number of aryl methyl sites for hydroxylation is 1. The molecule has 0 unspecified atom stereocenters. The molecule has 0 saturated heterocycles. The van der Waals surface area contributed by atoms with E-state index in [1.165, 1.54) is 4.90 Å². The van der Waals surface area contributed by atoms with E-state index >= 15 is 0 Å². The highest BCUT2D eigenvalue weighted by atomic mass is 32.2. The van der Waals surface area contributed by atoms with Gasteiger partial charge in [-0.2, -0.15) is 0 Å². The highest BCUT2D eigenvalue weighted by molar-refractivity contribution is 7.92. The van der Waals surface area contributed by atoms with Gasteiger partial charge in [-0.1, -0.05) is 80.4 Å². The van der Waals surface area contributed by atoms with Gasteiger partial charge < -0.3 is 15.0 Å². The lowest BCUT2D eigenvalue weighted by Crippen LogP contribution is -2.54. The molecular weight excluding hydrogens is 550 g/mol. The molecule has 1 fully saturated rings. The minimum Gasteiger partial charge on any atom is -0.497 e. The van der Waals surface area contributed by atoms with E-state index in [1.54, 1.807) is 19.2 Å². The Bertz CT molecular complexity index is 1460. The summed E-state index contributed by atoms with van der Waals surface area (Å²) in [6.07, 6.45) is 5.92. The number of carbonyl (C=O) groups is 2. The third kappa shape index (κ3) is 8.12. The number of nitrogens with one attached hydrogen (secondary N) is 1. The fraction of sp³-hybridized carbons (Fsp3) is 0.394. The fourth-order valence-electron chi connectivity index (χ4n) is 5.54. The molecule has 1 saturated carbocycles. The van der Waals surface area contributed by atoms with Crippen molar-refractivity contribution >= 4 is 27.5 Å². The van der Waals surface area contributed by atoms with Crippen LogP contribution in [-0.4, -0.2) is 57.1 Å². The van der Waals surface area contributed by atoms with Gasteiger partial charge in [0.25, 0.3) is 0 Å². The molecule has 4 rings (SSSR count). The van der Waals surface area contributed by atoms with E-state index in [2.05, 4.69) is 5.32 Å². The molecule has 2 amide bonds. The number of anilines is 1. The summed E-state index contributed by atoms with van der Waals surface area (Å²) in [5.74, 6) is -0.0666. The van der Waals surface area contributed by atoms with Crippen LogP contribution < -0.4 is 14.4 Å². The van der Waals surface area contributed by atoms with E-state index in [0.29, 0.717) is 24.3 Å². The molecule has 1 aliphatic rings. The number of ether oxygens (including phenoxy) is 1. The summed E-state index contributed by atoms with van der Waals surface area (Å²) < 4.78 is 32.7. The Hall–Kier alpha value is -3.85. The SMILES string of the molecule is CCc1ccccc1N(CC(=O)N(Cc1cccc(OC)c1)[C@H](Cc1ccccc1)C(=O)NC1CCCC1)S(C)(=O)=O. The van der Waals surface area contributed by atoms with Crippen LogP contribution in [0.1, 0.15) is 49.3 Å². The van der Waals surface area contributed by atoms with Crippen molar-refractivity contribution in [1.82, 2.24) is 10.2 Å². The lowest BCUT2D eigenvalue weighted by Gasteiger charge is -2.34. The number of hydrogen-bond donors (Lipinski definition) is 1. The second kappa shape index (κ2) is 14.4. The quantitative estimate of drug-likeness (QED) is 0.310. The van der Waals surface area contributed by atoms with Crippen LogP contribution in [0.2, 0.25) is 0 Å². The van der Waals surface area contributed by atoms with Crippen molar-refractivity contribution in [2.75, 3.05) is 24.2 Å². The standard InChI is InChI=1S/C33H41N3O5S/c1-4-27-16-8-11-20-30(27)36(42(3,39)40)24-32(37)35(23-26-15-12-19-29(21-26)41-2)31(22-25-13-6-5-7-14-25)33(38)34-28-17-9-10-18-28/h5-8,11-16,19-21,28,31H,4,9-10,17-18,22-24H2,1-3H3,(H,34,38)/t31-/m1/s1. The normalized spacial score (nSPS) is 14.3. The molecule has 0 radical (unpaired) electrons. The van der Waals surface area contributed by atoms with Crippen LogP contribution in [0, 0.1) is 0 Å². The highest BCUT2D eigenvalue weighted by Gasteiger charge is 2.34. The Kier molecular flexibility index (Phi) is 10.6. The molecule has 8 nitrogen and oxygen atoms in total. The predicted molar refractivity (Wildman–Crippen MR) is 166 cm³/mol. The van der Waals surface area contributed by atoms with Crippen molar-refractivity contribution in [2.45, 2.75) is 64.1 Å². The summed E-state index contributed by atoms with van der Waals surface area (Å²) in [5, 5.41) is 3.19. The van der Waals surface area contributed by atoms with Crippen LogP contribution in [0.3, 0.4) is 0 Å². The molecule has 224 valence electrons. The lowest BCUT2D eigenvalue weighted by molar-refractivity contribution is -0.140. The molecule has 0 aromatic heterocycles. The first-order valence-corrected chi connectivity index (χ1v) is 16.4. The Morgan fingerprint density at radius 3 is 2.29 bits per heavy atom. The number of methoxy groups -OCH3 is 1. The molecule has 1 aliphatic carbocycles. The van der Waals surface area contributed by atoms with Crippen LogP contribution in [0.4, 0.5) is 5.69 Å². The van der Waals surface area contributed by atoms with Gasteiger partial charge in [-0.3, -0.25) is 13.9 Å². The maximum absolute atomic E-state index is 14.3. The van der Waals surface area contributed by atoms with Crippen LogP contribution in [0.25, 0.3) is 0 Å². The van der Waals surface area contributed by atoms with Crippen molar-refractivity contribution in [3.63, 3.8) is 0 Å². The monoisotopic (exact) mass is 591 g/mol. The number of para-hydroxylation sites is 1. The number of amides is 2. The number of carbonyl (C=O) groups excluding carboxylic acids is 2. The number of hydrogen-bond acceptors (Lipinski definition) is 5.